The molecule has 0 spiro atoms. The number of carbonyl (C=O) groups is 1. The zero-order chi connectivity index (χ0) is 24.7. The average molecular weight is 475 g/mol. The van der Waals surface area contributed by atoms with Crippen LogP contribution in [-0.2, 0) is 9.53 Å². The number of oxazole rings is 1. The molecule has 1 aliphatic rings. The molecule has 0 unspecified atom stereocenters. The minimum Gasteiger partial charge on any atom is -0.500 e. The van der Waals surface area contributed by atoms with Crippen LogP contribution in [0, 0.1) is 5.92 Å². The first-order valence-electron chi connectivity index (χ1n) is 12.0. The second-order valence-electron chi connectivity index (χ2n) is 8.20. The molecule has 2 heterocycles. The lowest BCUT2D eigenvalue weighted by atomic mass is 9.93. The number of ether oxygens (including phenoxy) is 2. The Hall–Kier alpha value is -3.64. The van der Waals surface area contributed by atoms with Crippen LogP contribution in [0.25, 0.3) is 11.1 Å². The number of likely N-dealkylation sites (tertiary alicyclic amines) is 1. The van der Waals surface area contributed by atoms with Gasteiger partial charge in [-0.05, 0) is 70.1 Å². The van der Waals surface area contributed by atoms with Crippen molar-refractivity contribution in [3.8, 4) is 6.08 Å². The van der Waals surface area contributed by atoms with E-state index < -0.39 is 0 Å². The van der Waals surface area contributed by atoms with Crippen molar-refractivity contribution in [3.05, 3.63) is 97.0 Å². The summed E-state index contributed by atoms with van der Waals surface area (Å²) in [6.07, 6.45) is 11.1. The smallest absolute Gasteiger partial charge is 0.400 e. The molecule has 0 amide bonds. The van der Waals surface area contributed by atoms with Crippen LogP contribution >= 0.6 is 0 Å². The summed E-state index contributed by atoms with van der Waals surface area (Å²) < 4.78 is 16.9. The lowest BCUT2D eigenvalue weighted by molar-refractivity contribution is -0.122. The maximum Gasteiger partial charge on any atom is 0.400 e. The van der Waals surface area contributed by atoms with Crippen molar-refractivity contribution in [2.75, 3.05) is 26.2 Å². The lowest BCUT2D eigenvalue weighted by Crippen LogP contribution is -2.37. The van der Waals surface area contributed by atoms with Gasteiger partial charge in [0.05, 0.1) is 12.9 Å². The molecule has 2 aromatic carbocycles. The number of ketones is 1. The number of fused-ring (bicyclic) bond motifs is 1. The maximum atomic E-state index is 11.4. The van der Waals surface area contributed by atoms with E-state index in [2.05, 4.69) is 9.88 Å². The molecule has 1 saturated heterocycles. The minimum atomic E-state index is 0.207. The predicted molar refractivity (Wildman–Crippen MR) is 139 cm³/mol. The highest BCUT2D eigenvalue weighted by atomic mass is 16.6. The molecule has 1 aromatic heterocycles. The molecule has 3 aromatic rings. The summed E-state index contributed by atoms with van der Waals surface area (Å²) in [7, 11) is 0. The highest BCUT2D eigenvalue weighted by Gasteiger charge is 2.21. The Balaban J connectivity index is 0.000000497. The average Bonchev–Trinajstić information content (AvgIpc) is 3.30. The number of piperidine rings is 1. The quantitative estimate of drug-likeness (QED) is 0.209. The zero-order valence-electron chi connectivity index (χ0n) is 20.5. The van der Waals surface area contributed by atoms with E-state index in [-0.39, 0.29) is 12.0 Å². The van der Waals surface area contributed by atoms with Gasteiger partial charge in [0.15, 0.2) is 5.58 Å². The Morgan fingerprint density at radius 1 is 1.09 bits per heavy atom. The molecule has 0 aliphatic carbocycles. The van der Waals surface area contributed by atoms with Gasteiger partial charge in [-0.1, -0.05) is 54.6 Å². The van der Waals surface area contributed by atoms with E-state index in [4.69, 9.17) is 13.9 Å². The van der Waals surface area contributed by atoms with Gasteiger partial charge in [-0.25, -0.2) is 0 Å². The van der Waals surface area contributed by atoms with E-state index in [1.54, 1.807) is 25.3 Å². The van der Waals surface area contributed by atoms with Crippen LogP contribution in [0.2, 0.25) is 0 Å². The summed E-state index contributed by atoms with van der Waals surface area (Å²) in [6.45, 7) is 7.00. The van der Waals surface area contributed by atoms with Crippen LogP contribution in [-0.4, -0.2) is 41.9 Å². The lowest BCUT2D eigenvalue weighted by Gasteiger charge is -2.30. The molecule has 1 aliphatic heterocycles. The third-order valence-electron chi connectivity index (χ3n) is 5.60. The Bertz CT molecular complexity index is 1050. The van der Waals surface area contributed by atoms with E-state index in [0.717, 1.165) is 38.0 Å². The molecule has 6 heteroatoms. The number of allylic oxidation sites excluding steroid dienone is 4. The molecule has 0 bridgehead atoms. The second kappa shape index (κ2) is 14.6. The molecular formula is C29H34N2O4. The number of benzene rings is 2. The number of rotatable bonds is 9. The van der Waals surface area contributed by atoms with Crippen LogP contribution in [0.5, 0.6) is 6.08 Å². The number of Topliss-reactive ketones (excluding diaryl/α,β-unsaturated/α-hetero) is 1. The van der Waals surface area contributed by atoms with Gasteiger partial charge in [-0.15, -0.1) is 0 Å². The third kappa shape index (κ3) is 9.26. The summed E-state index contributed by atoms with van der Waals surface area (Å²) in [5.41, 5.74) is 1.45. The molecule has 184 valence electrons. The van der Waals surface area contributed by atoms with Gasteiger partial charge in [0, 0.05) is 12.5 Å². The number of hydrogen-bond acceptors (Lipinski definition) is 6. The van der Waals surface area contributed by atoms with E-state index in [9.17, 15) is 4.79 Å². The number of carbonyl (C=O) groups excluding carboxylic acids is 1. The van der Waals surface area contributed by atoms with Gasteiger partial charge in [0.25, 0.3) is 0 Å². The van der Waals surface area contributed by atoms with Crippen LogP contribution in [0.1, 0.15) is 26.7 Å². The van der Waals surface area contributed by atoms with Crippen molar-refractivity contribution in [1.82, 2.24) is 9.88 Å². The van der Waals surface area contributed by atoms with Crippen LogP contribution < -0.4 is 4.74 Å². The fourth-order valence-corrected chi connectivity index (χ4v) is 3.67. The van der Waals surface area contributed by atoms with Crippen molar-refractivity contribution in [2.45, 2.75) is 26.7 Å². The van der Waals surface area contributed by atoms with Gasteiger partial charge >= 0.3 is 6.08 Å². The SMILES string of the molecule is C\C=C/C(=C\C=C\OCCN1CCC(C(C)=O)CC1)Oc1nc2ccccc2o1.c1ccccc1. The molecule has 0 radical (unpaired) electrons. The number of nitrogens with zero attached hydrogens (tertiary/aromatic N) is 2. The first-order valence-corrected chi connectivity index (χ1v) is 12.0. The van der Waals surface area contributed by atoms with Crippen molar-refractivity contribution in [3.63, 3.8) is 0 Å². The Morgan fingerprint density at radius 2 is 1.77 bits per heavy atom. The van der Waals surface area contributed by atoms with Gasteiger partial charge in [0.1, 0.15) is 17.1 Å². The summed E-state index contributed by atoms with van der Waals surface area (Å²) in [5.74, 6) is 1.15. The number of para-hydroxylation sites is 2. The maximum absolute atomic E-state index is 11.4. The zero-order valence-corrected chi connectivity index (χ0v) is 20.5. The van der Waals surface area contributed by atoms with Crippen LogP contribution in [0.4, 0.5) is 0 Å². The number of hydrogen-bond donors (Lipinski definition) is 0. The molecule has 1 fully saturated rings. The molecule has 0 atom stereocenters. The predicted octanol–water partition coefficient (Wildman–Crippen LogP) is 6.18. The Morgan fingerprint density at radius 3 is 2.40 bits per heavy atom. The second-order valence-corrected chi connectivity index (χ2v) is 8.20. The van der Waals surface area contributed by atoms with E-state index in [0.29, 0.717) is 23.7 Å². The topological polar surface area (TPSA) is 64.8 Å². The largest absolute Gasteiger partial charge is 0.500 e. The van der Waals surface area contributed by atoms with Gasteiger partial charge < -0.3 is 13.9 Å². The van der Waals surface area contributed by atoms with Crippen molar-refractivity contribution in [2.24, 2.45) is 5.92 Å². The molecule has 0 saturated carbocycles. The van der Waals surface area contributed by atoms with E-state index >= 15 is 0 Å². The highest BCUT2D eigenvalue weighted by molar-refractivity contribution is 5.78. The Kier molecular flexibility index (Phi) is 10.8. The fourth-order valence-electron chi connectivity index (χ4n) is 3.67. The molecule has 4 rings (SSSR count). The number of aromatic nitrogens is 1. The van der Waals surface area contributed by atoms with Gasteiger partial charge in [-0.2, -0.15) is 4.98 Å². The van der Waals surface area contributed by atoms with Gasteiger partial charge in [-0.3, -0.25) is 9.69 Å². The standard InChI is InChI=1S/C23H28N2O4.C6H6/c1-3-7-20(28-23-24-21-9-4-5-10-22(21)29-23)8-6-16-27-17-15-25-13-11-19(12-14-25)18(2)26;1-2-4-6-5-3-1/h3-10,16,19H,11-15,17H2,1-2H3;1-6H/b7-3-,16-6+,20-8+;. The summed E-state index contributed by atoms with van der Waals surface area (Å²) in [5, 5.41) is 0. The molecule has 0 N–H and O–H groups in total. The van der Waals surface area contributed by atoms with Crippen LogP contribution in [0.15, 0.2) is 101 Å². The summed E-state index contributed by atoms with van der Waals surface area (Å²) in [6, 6.07) is 19.5. The fraction of sp³-hybridized carbons (Fsp3) is 0.310. The van der Waals surface area contributed by atoms with E-state index in [1.165, 1.54) is 0 Å². The first-order chi connectivity index (χ1) is 17.2. The summed E-state index contributed by atoms with van der Waals surface area (Å²) in [4.78, 5) is 18.1. The van der Waals surface area contributed by atoms with Crippen molar-refractivity contribution < 1.29 is 18.7 Å². The third-order valence-corrected chi connectivity index (χ3v) is 5.60. The van der Waals surface area contributed by atoms with Crippen LogP contribution in [0.3, 0.4) is 0 Å². The minimum absolute atomic E-state index is 0.207. The Labute approximate surface area is 207 Å². The van der Waals surface area contributed by atoms with Crippen molar-refractivity contribution >= 4 is 16.9 Å². The first kappa shape index (κ1) is 26.0. The van der Waals surface area contributed by atoms with E-state index in [1.807, 2.05) is 79.7 Å². The molecule has 6 nitrogen and oxygen atoms in total. The van der Waals surface area contributed by atoms with Crippen molar-refractivity contribution in [1.29, 1.82) is 0 Å². The normalized spacial score (nSPS) is 15.3. The van der Waals surface area contributed by atoms with Gasteiger partial charge in [0.2, 0.25) is 0 Å². The molecule has 35 heavy (non-hydrogen) atoms. The monoisotopic (exact) mass is 474 g/mol. The summed E-state index contributed by atoms with van der Waals surface area (Å²) >= 11 is 0. The molecular weight excluding hydrogens is 440 g/mol. The highest BCUT2D eigenvalue weighted by Crippen LogP contribution is 2.22.